The van der Waals surface area contributed by atoms with Crippen molar-refractivity contribution >= 4 is 0 Å². The summed E-state index contributed by atoms with van der Waals surface area (Å²) in [6, 6.07) is 1.07. The Bertz CT molecular complexity index is 237. The summed E-state index contributed by atoms with van der Waals surface area (Å²) in [7, 11) is 2.23. The molecule has 94 valence electrons. The predicted molar refractivity (Wildman–Crippen MR) is 66.5 cm³/mol. The van der Waals surface area contributed by atoms with Gasteiger partial charge in [0.2, 0.25) is 0 Å². The van der Waals surface area contributed by atoms with Crippen LogP contribution in [0.1, 0.15) is 39.5 Å². The molecule has 16 heavy (non-hydrogen) atoms. The maximum Gasteiger partial charge on any atom is 0.0746 e. The molecule has 0 aromatic rings. The van der Waals surface area contributed by atoms with Gasteiger partial charge >= 0.3 is 0 Å². The smallest absolute Gasteiger partial charge is 0.0746 e. The van der Waals surface area contributed by atoms with Crippen molar-refractivity contribution in [1.82, 2.24) is 9.80 Å². The molecule has 0 saturated carbocycles. The molecule has 0 spiro atoms. The molecule has 3 heteroatoms. The third-order valence-electron chi connectivity index (χ3n) is 4.30. The number of hydrogen-bond donors (Lipinski definition) is 1. The molecule has 3 nitrogen and oxygen atoms in total. The molecule has 2 atom stereocenters. The fourth-order valence-electron chi connectivity index (χ4n) is 3.33. The fourth-order valence-corrected chi connectivity index (χ4v) is 3.33. The summed E-state index contributed by atoms with van der Waals surface area (Å²) in [5.41, 5.74) is -0.548. The van der Waals surface area contributed by atoms with Gasteiger partial charge in [0.05, 0.1) is 5.60 Å². The lowest BCUT2D eigenvalue weighted by Gasteiger charge is -2.36. The van der Waals surface area contributed by atoms with Crippen molar-refractivity contribution in [2.45, 2.75) is 57.2 Å². The third kappa shape index (κ3) is 2.58. The largest absolute Gasteiger partial charge is 0.389 e. The first-order valence-electron chi connectivity index (χ1n) is 6.65. The van der Waals surface area contributed by atoms with E-state index >= 15 is 0 Å². The summed E-state index contributed by atoms with van der Waals surface area (Å²) in [4.78, 5) is 4.98. The molecule has 0 aliphatic carbocycles. The van der Waals surface area contributed by atoms with Gasteiger partial charge in [0, 0.05) is 18.6 Å². The van der Waals surface area contributed by atoms with Crippen LogP contribution in [0.25, 0.3) is 0 Å². The second kappa shape index (κ2) is 4.63. The molecular formula is C13H26N2O. The van der Waals surface area contributed by atoms with Gasteiger partial charge < -0.3 is 10.0 Å². The van der Waals surface area contributed by atoms with E-state index in [2.05, 4.69) is 16.8 Å². The zero-order chi connectivity index (χ0) is 11.8. The minimum absolute atomic E-state index is 0.362. The van der Waals surface area contributed by atoms with Gasteiger partial charge in [0.1, 0.15) is 0 Å². The number of likely N-dealkylation sites (N-methyl/N-ethyl adjacent to an activating group) is 1. The lowest BCUT2D eigenvalue weighted by Crippen LogP contribution is -2.49. The number of hydrogen-bond acceptors (Lipinski definition) is 3. The Labute approximate surface area is 99.4 Å². The highest BCUT2D eigenvalue weighted by Gasteiger charge is 2.37. The van der Waals surface area contributed by atoms with E-state index in [1.54, 1.807) is 0 Å². The summed E-state index contributed by atoms with van der Waals surface area (Å²) >= 11 is 0. The van der Waals surface area contributed by atoms with Crippen LogP contribution in [0.5, 0.6) is 0 Å². The van der Waals surface area contributed by atoms with E-state index in [1.807, 2.05) is 13.8 Å². The number of rotatable bonds is 3. The maximum absolute atomic E-state index is 10.2. The van der Waals surface area contributed by atoms with Crippen LogP contribution in [0, 0.1) is 0 Å². The van der Waals surface area contributed by atoms with Gasteiger partial charge in [-0.3, -0.25) is 4.90 Å². The lowest BCUT2D eigenvalue weighted by molar-refractivity contribution is -0.00788. The van der Waals surface area contributed by atoms with E-state index < -0.39 is 5.60 Å². The molecule has 2 heterocycles. The van der Waals surface area contributed by atoms with E-state index in [4.69, 9.17) is 0 Å². The van der Waals surface area contributed by atoms with Gasteiger partial charge in [-0.2, -0.15) is 0 Å². The first kappa shape index (κ1) is 12.3. The molecule has 0 amide bonds. The molecule has 2 saturated heterocycles. The SMILES string of the molecule is CN1CCC[C@H]1CN1CCC[C@H]1C(C)(C)O. The summed E-state index contributed by atoms with van der Waals surface area (Å²) in [5.74, 6) is 0. The molecule has 0 unspecified atom stereocenters. The van der Waals surface area contributed by atoms with E-state index in [0.717, 1.165) is 13.0 Å². The topological polar surface area (TPSA) is 26.7 Å². The van der Waals surface area contributed by atoms with Crippen molar-refractivity contribution in [2.24, 2.45) is 0 Å². The number of likely N-dealkylation sites (tertiary alicyclic amines) is 2. The first-order chi connectivity index (χ1) is 7.48. The number of aliphatic hydroxyl groups is 1. The van der Waals surface area contributed by atoms with Gasteiger partial charge in [0.15, 0.2) is 0 Å². The second-order valence-corrected chi connectivity index (χ2v) is 6.08. The molecule has 0 bridgehead atoms. The molecule has 0 aromatic heterocycles. The Balaban J connectivity index is 1.93. The standard InChI is InChI=1S/C13H26N2O/c1-13(2,16)12-7-5-9-15(12)10-11-6-4-8-14(11)3/h11-12,16H,4-10H2,1-3H3/t11-,12-/m0/s1. The highest BCUT2D eigenvalue weighted by molar-refractivity contribution is 4.93. The van der Waals surface area contributed by atoms with E-state index in [-0.39, 0.29) is 0 Å². The van der Waals surface area contributed by atoms with Gasteiger partial charge in [-0.1, -0.05) is 0 Å². The number of nitrogens with zero attached hydrogens (tertiary/aromatic N) is 2. The van der Waals surface area contributed by atoms with Crippen LogP contribution < -0.4 is 0 Å². The van der Waals surface area contributed by atoms with Crippen molar-refractivity contribution in [1.29, 1.82) is 0 Å². The van der Waals surface area contributed by atoms with Gasteiger partial charge in [-0.15, -0.1) is 0 Å². The zero-order valence-corrected chi connectivity index (χ0v) is 10.9. The molecule has 2 rings (SSSR count). The summed E-state index contributed by atoms with van der Waals surface area (Å²) < 4.78 is 0. The molecular weight excluding hydrogens is 200 g/mol. The van der Waals surface area contributed by atoms with Crippen LogP contribution in [-0.4, -0.2) is 59.3 Å². The van der Waals surface area contributed by atoms with Crippen molar-refractivity contribution in [3.63, 3.8) is 0 Å². The molecule has 1 N–H and O–H groups in total. The van der Waals surface area contributed by atoms with E-state index in [9.17, 15) is 5.11 Å². The highest BCUT2D eigenvalue weighted by Crippen LogP contribution is 2.28. The van der Waals surface area contributed by atoms with Gasteiger partial charge in [0.25, 0.3) is 0 Å². The Kier molecular flexibility index (Phi) is 3.57. The molecule has 2 fully saturated rings. The highest BCUT2D eigenvalue weighted by atomic mass is 16.3. The van der Waals surface area contributed by atoms with E-state index in [0.29, 0.717) is 12.1 Å². The van der Waals surface area contributed by atoms with Gasteiger partial charge in [-0.05, 0) is 59.7 Å². The van der Waals surface area contributed by atoms with Crippen LogP contribution in [-0.2, 0) is 0 Å². The van der Waals surface area contributed by atoms with Crippen LogP contribution in [0.2, 0.25) is 0 Å². The Hall–Kier alpha value is -0.120. The molecule has 0 aromatic carbocycles. The van der Waals surface area contributed by atoms with Crippen LogP contribution in [0.3, 0.4) is 0 Å². The molecule has 2 aliphatic rings. The monoisotopic (exact) mass is 226 g/mol. The first-order valence-corrected chi connectivity index (χ1v) is 6.65. The predicted octanol–water partition coefficient (Wildman–Crippen LogP) is 1.32. The van der Waals surface area contributed by atoms with Crippen molar-refractivity contribution in [3.8, 4) is 0 Å². The lowest BCUT2D eigenvalue weighted by atomic mass is 9.96. The average Bonchev–Trinajstić information content (AvgIpc) is 2.76. The summed E-state index contributed by atoms with van der Waals surface area (Å²) in [5, 5.41) is 10.2. The second-order valence-electron chi connectivity index (χ2n) is 6.08. The van der Waals surface area contributed by atoms with Crippen LogP contribution in [0.4, 0.5) is 0 Å². The Morgan fingerprint density at radius 1 is 1.19 bits per heavy atom. The maximum atomic E-state index is 10.2. The van der Waals surface area contributed by atoms with Crippen molar-refractivity contribution < 1.29 is 5.11 Å². The zero-order valence-electron chi connectivity index (χ0n) is 10.9. The summed E-state index contributed by atoms with van der Waals surface area (Å²) in [6.45, 7) is 7.46. The van der Waals surface area contributed by atoms with Gasteiger partial charge in [-0.25, -0.2) is 0 Å². The minimum Gasteiger partial charge on any atom is -0.389 e. The normalized spacial score (nSPS) is 33.8. The van der Waals surface area contributed by atoms with Crippen molar-refractivity contribution in [2.75, 3.05) is 26.7 Å². The molecule has 0 radical (unpaired) electrons. The van der Waals surface area contributed by atoms with Crippen molar-refractivity contribution in [3.05, 3.63) is 0 Å². The summed E-state index contributed by atoms with van der Waals surface area (Å²) in [6.07, 6.45) is 5.05. The average molecular weight is 226 g/mol. The molecule has 2 aliphatic heterocycles. The van der Waals surface area contributed by atoms with Crippen LogP contribution >= 0.6 is 0 Å². The fraction of sp³-hybridized carbons (Fsp3) is 1.00. The third-order valence-corrected chi connectivity index (χ3v) is 4.30. The quantitative estimate of drug-likeness (QED) is 0.786. The minimum atomic E-state index is -0.548. The Morgan fingerprint density at radius 2 is 1.88 bits per heavy atom. The van der Waals surface area contributed by atoms with Crippen LogP contribution in [0.15, 0.2) is 0 Å². The van der Waals surface area contributed by atoms with E-state index in [1.165, 1.54) is 32.4 Å². The Morgan fingerprint density at radius 3 is 2.44 bits per heavy atom.